The number of pyridine rings is 1. The van der Waals surface area contributed by atoms with Gasteiger partial charge in [-0.3, -0.25) is 0 Å². The van der Waals surface area contributed by atoms with Crippen molar-refractivity contribution >= 4 is 39.3 Å². The second-order valence-corrected chi connectivity index (χ2v) is 5.12. The Hall–Kier alpha value is -1.07. The molecule has 0 N–H and O–H groups in total. The van der Waals surface area contributed by atoms with Gasteiger partial charge in [-0.05, 0) is 25.3 Å². The molecular formula is C11H11NO2S2. The summed E-state index contributed by atoms with van der Waals surface area (Å²) in [5.74, 6) is -0.258. The van der Waals surface area contributed by atoms with Crippen molar-refractivity contribution in [2.45, 2.75) is 11.1 Å². The van der Waals surface area contributed by atoms with Crippen LogP contribution in [0.2, 0.25) is 0 Å². The van der Waals surface area contributed by atoms with E-state index >= 15 is 0 Å². The fourth-order valence-corrected chi connectivity index (χ4v) is 3.28. The Morgan fingerprint density at radius 3 is 3.12 bits per heavy atom. The van der Waals surface area contributed by atoms with E-state index in [9.17, 15) is 4.79 Å². The molecule has 0 spiro atoms. The van der Waals surface area contributed by atoms with Crippen molar-refractivity contribution in [1.29, 1.82) is 0 Å². The molecule has 2 aromatic heterocycles. The Morgan fingerprint density at radius 2 is 2.44 bits per heavy atom. The molecule has 16 heavy (non-hydrogen) atoms. The average molecular weight is 253 g/mol. The van der Waals surface area contributed by atoms with Gasteiger partial charge in [-0.25, -0.2) is 9.78 Å². The van der Waals surface area contributed by atoms with E-state index in [-0.39, 0.29) is 5.97 Å². The zero-order valence-electron chi connectivity index (χ0n) is 9.02. The van der Waals surface area contributed by atoms with E-state index < -0.39 is 0 Å². The summed E-state index contributed by atoms with van der Waals surface area (Å²) in [5.41, 5.74) is 0.655. The Morgan fingerprint density at radius 1 is 1.62 bits per heavy atom. The molecule has 0 unspecified atom stereocenters. The molecule has 0 amide bonds. The van der Waals surface area contributed by atoms with Crippen molar-refractivity contribution in [3.05, 3.63) is 23.9 Å². The number of thioether (sulfide) groups is 1. The number of carbonyl (C=O) groups excluding carboxylic acids is 1. The molecule has 0 aliphatic rings. The van der Waals surface area contributed by atoms with E-state index in [4.69, 9.17) is 4.74 Å². The van der Waals surface area contributed by atoms with Gasteiger partial charge in [0.05, 0.1) is 16.4 Å². The van der Waals surface area contributed by atoms with Crippen LogP contribution in [0.4, 0.5) is 0 Å². The summed E-state index contributed by atoms with van der Waals surface area (Å²) < 4.78 is 6.03. The van der Waals surface area contributed by atoms with Crippen LogP contribution in [0.15, 0.2) is 22.5 Å². The van der Waals surface area contributed by atoms with Crippen LogP contribution in [0.3, 0.4) is 0 Å². The standard InChI is InChI=1S/C11H11NO2S2/c1-3-14-10(13)8-7-5-4-6-12-9(7)16-11(8)15-2/h4-6H,3H2,1-2H3. The zero-order chi connectivity index (χ0) is 11.5. The highest BCUT2D eigenvalue weighted by molar-refractivity contribution is 8.00. The molecular weight excluding hydrogens is 242 g/mol. The summed E-state index contributed by atoms with van der Waals surface area (Å²) in [5, 5.41) is 0.885. The molecule has 0 fully saturated rings. The maximum atomic E-state index is 11.8. The molecule has 0 aliphatic carbocycles. The first-order valence-corrected chi connectivity index (χ1v) is 6.90. The summed E-state index contributed by atoms with van der Waals surface area (Å²) in [6.45, 7) is 2.20. The van der Waals surface area contributed by atoms with Crippen LogP contribution in [-0.2, 0) is 4.74 Å². The summed E-state index contributed by atoms with van der Waals surface area (Å²) >= 11 is 3.08. The highest BCUT2D eigenvalue weighted by atomic mass is 32.2. The lowest BCUT2D eigenvalue weighted by molar-refractivity contribution is 0.0525. The number of hydrogen-bond acceptors (Lipinski definition) is 5. The first kappa shape index (κ1) is 11.4. The minimum absolute atomic E-state index is 0.258. The van der Waals surface area contributed by atoms with Gasteiger partial charge in [-0.2, -0.15) is 0 Å². The second kappa shape index (κ2) is 4.84. The summed E-state index contributed by atoms with van der Waals surface area (Å²) in [6, 6.07) is 3.74. The number of rotatable bonds is 3. The number of ether oxygens (including phenoxy) is 1. The molecule has 0 saturated carbocycles. The molecule has 3 nitrogen and oxygen atoms in total. The number of thiophene rings is 1. The largest absolute Gasteiger partial charge is 0.462 e. The van der Waals surface area contributed by atoms with Crippen LogP contribution < -0.4 is 0 Å². The van der Waals surface area contributed by atoms with Crippen molar-refractivity contribution in [1.82, 2.24) is 4.98 Å². The summed E-state index contributed by atoms with van der Waals surface area (Å²) in [7, 11) is 0. The normalized spacial score (nSPS) is 10.6. The van der Waals surface area contributed by atoms with E-state index in [1.807, 2.05) is 25.3 Å². The minimum Gasteiger partial charge on any atom is -0.462 e. The molecule has 2 rings (SSSR count). The van der Waals surface area contributed by atoms with Crippen LogP contribution in [0, 0.1) is 0 Å². The number of aromatic nitrogens is 1. The van der Waals surface area contributed by atoms with Crippen molar-refractivity contribution in [2.24, 2.45) is 0 Å². The smallest absolute Gasteiger partial charge is 0.340 e. The lowest BCUT2D eigenvalue weighted by atomic mass is 10.2. The fourth-order valence-electron chi connectivity index (χ4n) is 1.45. The average Bonchev–Trinajstić information content (AvgIpc) is 2.67. The van der Waals surface area contributed by atoms with Gasteiger partial charge in [0, 0.05) is 11.6 Å². The highest BCUT2D eigenvalue weighted by Crippen LogP contribution is 2.36. The van der Waals surface area contributed by atoms with Gasteiger partial charge >= 0.3 is 5.97 Å². The lowest BCUT2D eigenvalue weighted by Gasteiger charge is -2.01. The highest BCUT2D eigenvalue weighted by Gasteiger charge is 2.19. The fraction of sp³-hybridized carbons (Fsp3) is 0.273. The molecule has 2 aromatic rings. The van der Waals surface area contributed by atoms with Crippen molar-refractivity contribution in [2.75, 3.05) is 12.9 Å². The molecule has 0 aliphatic heterocycles. The van der Waals surface area contributed by atoms with E-state index in [0.717, 1.165) is 14.4 Å². The van der Waals surface area contributed by atoms with Crippen LogP contribution in [0.1, 0.15) is 17.3 Å². The van der Waals surface area contributed by atoms with Crippen molar-refractivity contribution in [3.63, 3.8) is 0 Å². The molecule has 0 bridgehead atoms. The first-order valence-electron chi connectivity index (χ1n) is 4.86. The SMILES string of the molecule is CCOC(=O)c1c(SC)sc2ncccc12. The number of hydrogen-bond donors (Lipinski definition) is 0. The molecule has 0 aromatic carbocycles. The summed E-state index contributed by atoms with van der Waals surface area (Å²) in [6.07, 6.45) is 3.69. The first-order chi connectivity index (χ1) is 7.77. The number of fused-ring (bicyclic) bond motifs is 1. The third-order valence-electron chi connectivity index (χ3n) is 2.10. The number of nitrogens with zero attached hydrogens (tertiary/aromatic N) is 1. The number of esters is 1. The van der Waals surface area contributed by atoms with Gasteiger partial charge in [-0.15, -0.1) is 23.1 Å². The van der Waals surface area contributed by atoms with E-state index in [2.05, 4.69) is 4.98 Å². The van der Waals surface area contributed by atoms with E-state index in [1.165, 1.54) is 11.3 Å². The maximum absolute atomic E-state index is 11.8. The molecule has 0 atom stereocenters. The quantitative estimate of drug-likeness (QED) is 0.622. The van der Waals surface area contributed by atoms with Crippen molar-refractivity contribution in [3.8, 4) is 0 Å². The Kier molecular flexibility index (Phi) is 3.46. The Labute approximate surface area is 102 Å². The van der Waals surface area contributed by atoms with Gasteiger partial charge in [0.25, 0.3) is 0 Å². The van der Waals surface area contributed by atoms with Gasteiger partial charge in [0.2, 0.25) is 0 Å². The van der Waals surface area contributed by atoms with Gasteiger partial charge in [0.15, 0.2) is 0 Å². The van der Waals surface area contributed by atoms with Crippen molar-refractivity contribution < 1.29 is 9.53 Å². The van der Waals surface area contributed by atoms with Crippen LogP contribution in [-0.4, -0.2) is 23.8 Å². The molecule has 5 heteroatoms. The third kappa shape index (κ3) is 1.92. The number of carbonyl (C=O) groups is 1. The zero-order valence-corrected chi connectivity index (χ0v) is 10.7. The van der Waals surface area contributed by atoms with Gasteiger partial charge < -0.3 is 4.74 Å². The summed E-state index contributed by atoms with van der Waals surface area (Å²) in [4.78, 5) is 17.0. The maximum Gasteiger partial charge on any atom is 0.340 e. The Bertz CT molecular complexity index is 522. The third-order valence-corrected chi connectivity index (χ3v) is 4.33. The van der Waals surface area contributed by atoms with Crippen LogP contribution in [0.25, 0.3) is 10.2 Å². The molecule has 0 radical (unpaired) electrons. The predicted molar refractivity (Wildman–Crippen MR) is 67.4 cm³/mol. The monoisotopic (exact) mass is 253 g/mol. The van der Waals surface area contributed by atoms with E-state index in [0.29, 0.717) is 12.2 Å². The van der Waals surface area contributed by atoms with Crippen LogP contribution in [0.5, 0.6) is 0 Å². The Balaban J connectivity index is 2.60. The van der Waals surface area contributed by atoms with Gasteiger partial charge in [-0.1, -0.05) is 0 Å². The van der Waals surface area contributed by atoms with E-state index in [1.54, 1.807) is 18.0 Å². The molecule has 0 saturated heterocycles. The topological polar surface area (TPSA) is 39.2 Å². The molecule has 2 heterocycles. The molecule has 84 valence electrons. The van der Waals surface area contributed by atoms with Crippen LogP contribution >= 0.6 is 23.1 Å². The minimum atomic E-state index is -0.258. The predicted octanol–water partition coefficient (Wildman–Crippen LogP) is 3.19. The lowest BCUT2D eigenvalue weighted by Crippen LogP contribution is -2.04. The second-order valence-electron chi connectivity index (χ2n) is 3.05. The van der Waals surface area contributed by atoms with Gasteiger partial charge in [0.1, 0.15) is 4.83 Å².